The van der Waals surface area contributed by atoms with Crippen molar-refractivity contribution in [1.29, 1.82) is 0 Å². The summed E-state index contributed by atoms with van der Waals surface area (Å²) >= 11 is 5.26. The van der Waals surface area contributed by atoms with Crippen LogP contribution in [0.3, 0.4) is 0 Å². The molecule has 0 spiro atoms. The minimum atomic E-state index is -0.528. The summed E-state index contributed by atoms with van der Waals surface area (Å²) in [6, 6.07) is 8.82. The van der Waals surface area contributed by atoms with Gasteiger partial charge in [0.25, 0.3) is 5.91 Å². The molecule has 0 aliphatic heterocycles. The highest BCUT2D eigenvalue weighted by Gasteiger charge is 2.12. The van der Waals surface area contributed by atoms with Crippen LogP contribution in [0.15, 0.2) is 34.7 Å². The maximum absolute atomic E-state index is 11.6. The van der Waals surface area contributed by atoms with Crippen molar-refractivity contribution in [2.75, 3.05) is 5.88 Å². The zero-order valence-corrected chi connectivity index (χ0v) is 9.45. The fourth-order valence-corrected chi connectivity index (χ4v) is 1.38. The molecule has 1 aromatic carbocycles. The van der Waals surface area contributed by atoms with E-state index in [9.17, 15) is 9.59 Å². The van der Waals surface area contributed by atoms with Gasteiger partial charge in [-0.1, -0.05) is 18.2 Å². The minimum absolute atomic E-state index is 0.126. The SMILES string of the molecule is O=C(CCl)NNC(=O)c1cc2ccccc2o1. The summed E-state index contributed by atoms with van der Waals surface area (Å²) in [7, 11) is 0. The zero-order valence-electron chi connectivity index (χ0n) is 8.70. The highest BCUT2D eigenvalue weighted by atomic mass is 35.5. The number of carbonyl (C=O) groups excluding carboxylic acids is 2. The summed E-state index contributed by atoms with van der Waals surface area (Å²) in [5.41, 5.74) is 4.95. The van der Waals surface area contributed by atoms with Gasteiger partial charge in [-0.25, -0.2) is 0 Å². The fraction of sp³-hybridized carbons (Fsp3) is 0.0909. The quantitative estimate of drug-likeness (QED) is 0.627. The van der Waals surface area contributed by atoms with Crippen molar-refractivity contribution in [1.82, 2.24) is 10.9 Å². The van der Waals surface area contributed by atoms with Crippen molar-refractivity contribution in [3.8, 4) is 0 Å². The number of rotatable bonds is 2. The molecule has 6 heteroatoms. The van der Waals surface area contributed by atoms with Gasteiger partial charge < -0.3 is 4.42 Å². The van der Waals surface area contributed by atoms with Gasteiger partial charge in [0.05, 0.1) is 0 Å². The third-order valence-electron chi connectivity index (χ3n) is 2.09. The molecular weight excluding hydrogens is 244 g/mol. The maximum Gasteiger partial charge on any atom is 0.305 e. The molecule has 0 radical (unpaired) electrons. The number of alkyl halides is 1. The van der Waals surface area contributed by atoms with Crippen molar-refractivity contribution >= 4 is 34.4 Å². The molecule has 17 heavy (non-hydrogen) atoms. The van der Waals surface area contributed by atoms with Gasteiger partial charge in [0.15, 0.2) is 5.76 Å². The Labute approximate surface area is 102 Å². The molecule has 5 nitrogen and oxygen atoms in total. The number of hydrazine groups is 1. The molecule has 0 fully saturated rings. The van der Waals surface area contributed by atoms with Gasteiger partial charge in [0.2, 0.25) is 0 Å². The number of benzene rings is 1. The van der Waals surface area contributed by atoms with E-state index in [-0.39, 0.29) is 11.6 Å². The number of amides is 2. The van der Waals surface area contributed by atoms with Crippen LogP contribution in [-0.4, -0.2) is 17.7 Å². The number of hydrogen-bond donors (Lipinski definition) is 2. The Bertz CT molecular complexity index is 532. The van der Waals surface area contributed by atoms with E-state index < -0.39 is 11.8 Å². The monoisotopic (exact) mass is 252 g/mol. The van der Waals surface area contributed by atoms with Crippen LogP contribution in [0.25, 0.3) is 11.0 Å². The van der Waals surface area contributed by atoms with Gasteiger partial charge in [-0.05, 0) is 12.1 Å². The average Bonchev–Trinajstić information content (AvgIpc) is 2.79. The molecule has 88 valence electrons. The van der Waals surface area contributed by atoms with Gasteiger partial charge in [0, 0.05) is 5.39 Å². The van der Waals surface area contributed by atoms with Crippen LogP contribution in [0.5, 0.6) is 0 Å². The van der Waals surface area contributed by atoms with Crippen molar-refractivity contribution in [2.24, 2.45) is 0 Å². The van der Waals surface area contributed by atoms with Gasteiger partial charge in [-0.2, -0.15) is 0 Å². The molecule has 0 atom stereocenters. The molecule has 0 aliphatic carbocycles. The fourth-order valence-electron chi connectivity index (χ4n) is 1.32. The summed E-state index contributed by atoms with van der Waals surface area (Å²) in [6.07, 6.45) is 0. The summed E-state index contributed by atoms with van der Waals surface area (Å²) in [5.74, 6) is -1.11. The lowest BCUT2D eigenvalue weighted by molar-refractivity contribution is -0.119. The average molecular weight is 253 g/mol. The lowest BCUT2D eigenvalue weighted by Crippen LogP contribution is -2.42. The van der Waals surface area contributed by atoms with Crippen molar-refractivity contribution < 1.29 is 14.0 Å². The topological polar surface area (TPSA) is 71.3 Å². The Morgan fingerprint density at radius 1 is 1.24 bits per heavy atom. The third-order valence-corrected chi connectivity index (χ3v) is 2.33. The second-order valence-electron chi connectivity index (χ2n) is 3.28. The second-order valence-corrected chi connectivity index (χ2v) is 3.55. The van der Waals surface area contributed by atoms with E-state index in [0.717, 1.165) is 5.39 Å². The lowest BCUT2D eigenvalue weighted by Gasteiger charge is -2.02. The number of carbonyl (C=O) groups is 2. The highest BCUT2D eigenvalue weighted by molar-refractivity contribution is 6.27. The molecule has 1 heterocycles. The van der Waals surface area contributed by atoms with Crippen LogP contribution in [0.2, 0.25) is 0 Å². The van der Waals surface area contributed by atoms with Crippen molar-refractivity contribution in [2.45, 2.75) is 0 Å². The van der Waals surface area contributed by atoms with Crippen LogP contribution >= 0.6 is 11.6 Å². The first-order valence-electron chi connectivity index (χ1n) is 4.84. The molecule has 0 unspecified atom stereocenters. The van der Waals surface area contributed by atoms with Crippen LogP contribution in [0, 0.1) is 0 Å². The molecule has 2 rings (SSSR count). The molecule has 2 amide bonds. The lowest BCUT2D eigenvalue weighted by atomic mass is 10.2. The van der Waals surface area contributed by atoms with E-state index >= 15 is 0 Å². The minimum Gasteiger partial charge on any atom is -0.451 e. The maximum atomic E-state index is 11.6. The van der Waals surface area contributed by atoms with Gasteiger partial charge in [-0.15, -0.1) is 11.6 Å². The van der Waals surface area contributed by atoms with E-state index in [1.165, 1.54) is 0 Å². The Hall–Kier alpha value is -2.01. The number of fused-ring (bicyclic) bond motifs is 1. The predicted octanol–water partition coefficient (Wildman–Crippen LogP) is 1.43. The van der Waals surface area contributed by atoms with E-state index in [1.807, 2.05) is 18.2 Å². The van der Waals surface area contributed by atoms with E-state index in [0.29, 0.717) is 5.58 Å². The Kier molecular flexibility index (Phi) is 3.30. The molecule has 0 saturated carbocycles. The highest BCUT2D eigenvalue weighted by Crippen LogP contribution is 2.18. The number of hydrogen-bond acceptors (Lipinski definition) is 3. The number of nitrogens with one attached hydrogen (secondary N) is 2. The number of furan rings is 1. The smallest absolute Gasteiger partial charge is 0.305 e. The standard InChI is InChI=1S/C11H9ClN2O3/c12-6-10(15)13-14-11(16)9-5-7-3-1-2-4-8(7)17-9/h1-5H,6H2,(H,13,15)(H,14,16). The van der Waals surface area contributed by atoms with Crippen molar-refractivity contribution in [3.63, 3.8) is 0 Å². The Morgan fingerprint density at radius 3 is 2.71 bits per heavy atom. The first-order valence-corrected chi connectivity index (χ1v) is 5.38. The van der Waals surface area contributed by atoms with E-state index in [4.69, 9.17) is 16.0 Å². The Morgan fingerprint density at radius 2 is 2.00 bits per heavy atom. The van der Waals surface area contributed by atoms with Crippen LogP contribution in [0.4, 0.5) is 0 Å². The van der Waals surface area contributed by atoms with Crippen LogP contribution in [-0.2, 0) is 4.79 Å². The first-order chi connectivity index (χ1) is 8.20. The van der Waals surface area contributed by atoms with Gasteiger partial charge in [0.1, 0.15) is 11.5 Å². The van der Waals surface area contributed by atoms with Crippen molar-refractivity contribution in [3.05, 3.63) is 36.1 Å². The normalized spacial score (nSPS) is 10.2. The number of halogens is 1. The van der Waals surface area contributed by atoms with Crippen LogP contribution in [0.1, 0.15) is 10.6 Å². The summed E-state index contributed by atoms with van der Waals surface area (Å²) in [4.78, 5) is 22.4. The molecule has 0 saturated heterocycles. The first kappa shape index (κ1) is 11.5. The Balaban J connectivity index is 2.11. The summed E-state index contributed by atoms with van der Waals surface area (Å²) < 4.78 is 5.30. The van der Waals surface area contributed by atoms with E-state index in [2.05, 4.69) is 10.9 Å². The summed E-state index contributed by atoms with van der Waals surface area (Å²) in [5, 5.41) is 0.821. The molecule has 0 aliphatic rings. The molecular formula is C11H9ClN2O3. The molecule has 0 bridgehead atoms. The third kappa shape index (κ3) is 2.57. The number of para-hydroxylation sites is 1. The zero-order chi connectivity index (χ0) is 12.3. The molecule has 2 aromatic rings. The second kappa shape index (κ2) is 4.88. The van der Waals surface area contributed by atoms with E-state index in [1.54, 1.807) is 12.1 Å². The van der Waals surface area contributed by atoms with Gasteiger partial charge in [-0.3, -0.25) is 20.4 Å². The van der Waals surface area contributed by atoms with Crippen LogP contribution < -0.4 is 10.9 Å². The largest absolute Gasteiger partial charge is 0.451 e. The molecule has 2 N–H and O–H groups in total. The predicted molar refractivity (Wildman–Crippen MR) is 62.5 cm³/mol. The molecule has 1 aromatic heterocycles. The summed E-state index contributed by atoms with van der Waals surface area (Å²) in [6.45, 7) is 0. The van der Waals surface area contributed by atoms with Gasteiger partial charge >= 0.3 is 5.91 Å².